The molecule has 7 heteroatoms. The van der Waals surface area contributed by atoms with Gasteiger partial charge in [-0.3, -0.25) is 0 Å². The minimum atomic E-state index is -3.32. The molecule has 102 valence electrons. The van der Waals surface area contributed by atoms with Gasteiger partial charge in [-0.1, -0.05) is 0 Å². The number of hydrogen-bond acceptors (Lipinski definition) is 5. The van der Waals surface area contributed by atoms with Crippen LogP contribution in [-0.4, -0.2) is 33.0 Å². The van der Waals surface area contributed by atoms with Crippen molar-refractivity contribution in [3.05, 3.63) is 17.0 Å². The van der Waals surface area contributed by atoms with E-state index in [1.54, 1.807) is 6.07 Å². The highest BCUT2D eigenvalue weighted by atomic mass is 32.2. The second-order valence-electron chi connectivity index (χ2n) is 4.24. The van der Waals surface area contributed by atoms with E-state index in [1.807, 2.05) is 24.9 Å². The second-order valence-corrected chi connectivity index (χ2v) is 8.81. The lowest BCUT2D eigenvalue weighted by Gasteiger charge is -2.09. The van der Waals surface area contributed by atoms with Crippen LogP contribution in [0.15, 0.2) is 16.3 Å². The Morgan fingerprint density at radius 1 is 1.44 bits per heavy atom. The number of thiophene rings is 1. The Labute approximate surface area is 117 Å². The van der Waals surface area contributed by atoms with E-state index < -0.39 is 10.0 Å². The van der Waals surface area contributed by atoms with E-state index in [9.17, 15) is 8.42 Å². The number of sulfonamides is 1. The first kappa shape index (κ1) is 14.3. The third-order valence-electron chi connectivity index (χ3n) is 2.78. The summed E-state index contributed by atoms with van der Waals surface area (Å²) in [6, 6.07) is 3.54. The molecule has 0 spiro atoms. The lowest BCUT2D eigenvalue weighted by atomic mass is 10.2. The van der Waals surface area contributed by atoms with Gasteiger partial charge in [-0.05, 0) is 37.8 Å². The van der Waals surface area contributed by atoms with Crippen molar-refractivity contribution in [1.82, 2.24) is 10.0 Å². The lowest BCUT2D eigenvalue weighted by Crippen LogP contribution is -2.29. The van der Waals surface area contributed by atoms with Crippen molar-refractivity contribution in [3.8, 4) is 0 Å². The van der Waals surface area contributed by atoms with Crippen LogP contribution in [0.1, 0.15) is 17.7 Å². The van der Waals surface area contributed by atoms with E-state index in [0.29, 0.717) is 22.5 Å². The Morgan fingerprint density at radius 2 is 2.28 bits per heavy atom. The van der Waals surface area contributed by atoms with Gasteiger partial charge in [0, 0.05) is 23.2 Å². The summed E-state index contributed by atoms with van der Waals surface area (Å²) in [4.78, 5) is 1.04. The van der Waals surface area contributed by atoms with E-state index in [4.69, 9.17) is 0 Å². The molecule has 0 radical (unpaired) electrons. The van der Waals surface area contributed by atoms with Gasteiger partial charge in [0.05, 0.1) is 0 Å². The predicted molar refractivity (Wildman–Crippen MR) is 77.8 cm³/mol. The fraction of sp³-hybridized carbons (Fsp3) is 0.636. The molecule has 1 unspecified atom stereocenters. The van der Waals surface area contributed by atoms with Crippen LogP contribution in [0.25, 0.3) is 0 Å². The van der Waals surface area contributed by atoms with Crippen LogP contribution in [-0.2, 0) is 16.6 Å². The zero-order valence-electron chi connectivity index (χ0n) is 10.3. The van der Waals surface area contributed by atoms with Gasteiger partial charge in [0.2, 0.25) is 10.0 Å². The van der Waals surface area contributed by atoms with Crippen molar-refractivity contribution in [2.75, 3.05) is 19.3 Å². The zero-order valence-corrected chi connectivity index (χ0v) is 12.8. The number of thioether (sulfide) groups is 1. The minimum absolute atomic E-state index is 0.413. The van der Waals surface area contributed by atoms with E-state index in [1.165, 1.54) is 17.8 Å². The van der Waals surface area contributed by atoms with Crippen molar-refractivity contribution in [2.45, 2.75) is 28.8 Å². The van der Waals surface area contributed by atoms with E-state index in [0.717, 1.165) is 17.1 Å². The SMILES string of the molecule is CNCc1ccc(S(=O)(=O)NCC2CCCS2)s1. The largest absolute Gasteiger partial charge is 0.315 e. The zero-order chi connectivity index (χ0) is 13.0. The number of hydrogen-bond donors (Lipinski definition) is 2. The highest BCUT2D eigenvalue weighted by Gasteiger charge is 2.21. The first-order chi connectivity index (χ1) is 8.62. The van der Waals surface area contributed by atoms with E-state index in [2.05, 4.69) is 10.0 Å². The summed E-state index contributed by atoms with van der Waals surface area (Å²) in [7, 11) is -1.47. The molecule has 1 fully saturated rings. The molecule has 1 aromatic heterocycles. The van der Waals surface area contributed by atoms with Crippen molar-refractivity contribution in [1.29, 1.82) is 0 Å². The van der Waals surface area contributed by atoms with Gasteiger partial charge in [-0.15, -0.1) is 11.3 Å². The van der Waals surface area contributed by atoms with E-state index >= 15 is 0 Å². The molecule has 0 amide bonds. The maximum atomic E-state index is 12.1. The third kappa shape index (κ3) is 3.71. The van der Waals surface area contributed by atoms with Crippen LogP contribution in [0.5, 0.6) is 0 Å². The van der Waals surface area contributed by atoms with Gasteiger partial charge >= 0.3 is 0 Å². The van der Waals surface area contributed by atoms with Gasteiger partial charge < -0.3 is 5.32 Å². The molecule has 1 aromatic rings. The summed E-state index contributed by atoms with van der Waals surface area (Å²) in [6.45, 7) is 1.25. The average Bonchev–Trinajstić information content (AvgIpc) is 2.98. The van der Waals surface area contributed by atoms with Crippen LogP contribution in [0.2, 0.25) is 0 Å². The summed E-state index contributed by atoms with van der Waals surface area (Å²) in [6.07, 6.45) is 2.31. The topological polar surface area (TPSA) is 58.2 Å². The molecule has 4 nitrogen and oxygen atoms in total. The molecule has 1 atom stereocenters. The maximum Gasteiger partial charge on any atom is 0.250 e. The number of nitrogens with one attached hydrogen (secondary N) is 2. The minimum Gasteiger partial charge on any atom is -0.315 e. The highest BCUT2D eigenvalue weighted by molar-refractivity contribution is 8.00. The molecular formula is C11H18N2O2S3. The monoisotopic (exact) mass is 306 g/mol. The van der Waals surface area contributed by atoms with Crippen molar-refractivity contribution in [3.63, 3.8) is 0 Å². The Hall–Kier alpha value is -0.0800. The molecule has 0 saturated carbocycles. The molecule has 2 N–H and O–H groups in total. The molecule has 0 aromatic carbocycles. The Bertz CT molecular complexity index is 478. The molecule has 1 saturated heterocycles. The van der Waals surface area contributed by atoms with Crippen molar-refractivity contribution < 1.29 is 8.42 Å². The summed E-state index contributed by atoms with van der Waals surface area (Å²) in [5.74, 6) is 1.15. The van der Waals surface area contributed by atoms with E-state index in [-0.39, 0.29) is 0 Å². The maximum absolute atomic E-state index is 12.1. The third-order valence-corrected chi connectivity index (χ3v) is 7.18. The van der Waals surface area contributed by atoms with Crippen molar-refractivity contribution >= 4 is 33.1 Å². The van der Waals surface area contributed by atoms with Crippen LogP contribution in [0.3, 0.4) is 0 Å². The van der Waals surface area contributed by atoms with Gasteiger partial charge in [0.25, 0.3) is 0 Å². The highest BCUT2D eigenvalue weighted by Crippen LogP contribution is 2.26. The Kier molecular flexibility index (Phi) is 5.08. The van der Waals surface area contributed by atoms with Gasteiger partial charge in [0.1, 0.15) is 4.21 Å². The molecule has 0 aliphatic carbocycles. The average molecular weight is 306 g/mol. The molecule has 2 rings (SSSR count). The summed E-state index contributed by atoms with van der Waals surface area (Å²) in [5, 5.41) is 3.46. The standard InChI is InChI=1S/C11H18N2O2S3/c1-12-7-10-4-5-11(17-10)18(14,15)13-8-9-3-2-6-16-9/h4-5,9,12-13H,2-3,6-8H2,1H3. The Morgan fingerprint density at radius 3 is 2.94 bits per heavy atom. The molecule has 18 heavy (non-hydrogen) atoms. The predicted octanol–water partition coefficient (Wildman–Crippen LogP) is 1.64. The number of rotatable bonds is 6. The normalized spacial score (nSPS) is 20.4. The van der Waals surface area contributed by atoms with Crippen molar-refractivity contribution in [2.24, 2.45) is 0 Å². The molecule has 1 aliphatic heterocycles. The van der Waals surface area contributed by atoms with Crippen LogP contribution < -0.4 is 10.0 Å². The van der Waals surface area contributed by atoms with Gasteiger partial charge in [-0.2, -0.15) is 11.8 Å². The summed E-state index contributed by atoms with van der Waals surface area (Å²) in [5.41, 5.74) is 0. The second kappa shape index (κ2) is 6.38. The molecule has 0 bridgehead atoms. The quantitative estimate of drug-likeness (QED) is 0.839. The van der Waals surface area contributed by atoms with Crippen LogP contribution in [0, 0.1) is 0 Å². The fourth-order valence-corrected chi connectivity index (χ4v) is 5.65. The Balaban J connectivity index is 1.95. The smallest absolute Gasteiger partial charge is 0.250 e. The first-order valence-electron chi connectivity index (χ1n) is 5.96. The van der Waals surface area contributed by atoms with Gasteiger partial charge in [-0.25, -0.2) is 13.1 Å². The molecule has 1 aliphatic rings. The lowest BCUT2D eigenvalue weighted by molar-refractivity contribution is 0.581. The van der Waals surface area contributed by atoms with Crippen LogP contribution in [0.4, 0.5) is 0 Å². The first-order valence-corrected chi connectivity index (χ1v) is 9.31. The molecular weight excluding hydrogens is 288 g/mol. The molecule has 2 heterocycles. The summed E-state index contributed by atoms with van der Waals surface area (Å²) >= 11 is 3.19. The van der Waals surface area contributed by atoms with Crippen LogP contribution >= 0.6 is 23.1 Å². The fourth-order valence-electron chi connectivity index (χ4n) is 1.85. The summed E-state index contributed by atoms with van der Waals surface area (Å²) < 4.78 is 27.3. The van der Waals surface area contributed by atoms with Gasteiger partial charge in [0.15, 0.2) is 0 Å².